The molecule has 0 unspecified atom stereocenters. The molecule has 0 N–H and O–H groups in total. The van der Waals surface area contributed by atoms with E-state index in [1.807, 2.05) is 41.5 Å². The van der Waals surface area contributed by atoms with E-state index in [9.17, 15) is 19.2 Å². The highest BCUT2D eigenvalue weighted by Crippen LogP contribution is 2.27. The van der Waals surface area contributed by atoms with E-state index in [-0.39, 0.29) is 10.8 Å². The van der Waals surface area contributed by atoms with Crippen molar-refractivity contribution >= 4 is 25.1 Å². The Morgan fingerprint density at radius 3 is 0.947 bits per heavy atom. The molecule has 0 amide bonds. The summed E-state index contributed by atoms with van der Waals surface area (Å²) < 4.78 is 0. The maximum absolute atomic E-state index is 11.7. The lowest BCUT2D eigenvalue weighted by Crippen LogP contribution is -2.13. The van der Waals surface area contributed by atoms with E-state index >= 15 is 0 Å². The first-order valence-electron chi connectivity index (χ1n) is 12.2. The zero-order valence-electron chi connectivity index (χ0n) is 22.6. The van der Waals surface area contributed by atoms with Crippen molar-refractivity contribution < 1.29 is 19.2 Å². The summed E-state index contributed by atoms with van der Waals surface area (Å²) in [5.41, 5.74) is 5.01. The van der Waals surface area contributed by atoms with E-state index < -0.39 is 0 Å². The SMILES string of the molecule is CC(C)(C)c1cc(C=O)c(C#Cc2ccc(C#Cc3c(C=O)cc(C(C)(C)C)cc3C=O)cc2)c(C=O)c1. The second-order valence-corrected chi connectivity index (χ2v) is 11.1. The van der Waals surface area contributed by atoms with Crippen LogP contribution in [-0.4, -0.2) is 25.1 Å². The molecule has 3 rings (SSSR count). The molecule has 0 aliphatic carbocycles. The third kappa shape index (κ3) is 6.41. The van der Waals surface area contributed by atoms with Crippen LogP contribution in [0.2, 0.25) is 0 Å². The minimum atomic E-state index is -0.216. The fourth-order valence-corrected chi connectivity index (χ4v) is 3.81. The topological polar surface area (TPSA) is 68.3 Å². The zero-order chi connectivity index (χ0) is 28.1. The van der Waals surface area contributed by atoms with Crippen molar-refractivity contribution in [2.75, 3.05) is 0 Å². The molecule has 3 aromatic carbocycles. The first kappa shape index (κ1) is 28.0. The van der Waals surface area contributed by atoms with Gasteiger partial charge in [-0.3, -0.25) is 19.2 Å². The van der Waals surface area contributed by atoms with Gasteiger partial charge in [0.05, 0.1) is 0 Å². The number of hydrogen-bond donors (Lipinski definition) is 0. The fraction of sp³-hybridized carbons (Fsp3) is 0.235. The van der Waals surface area contributed by atoms with Gasteiger partial charge in [-0.15, -0.1) is 0 Å². The Kier molecular flexibility index (Phi) is 8.29. The lowest BCUT2D eigenvalue weighted by Gasteiger charge is -2.20. The molecule has 0 aliphatic rings. The Labute approximate surface area is 224 Å². The molecule has 0 saturated heterocycles. The minimum absolute atomic E-state index is 0.216. The van der Waals surface area contributed by atoms with E-state index in [0.717, 1.165) is 36.3 Å². The molecule has 0 atom stereocenters. The zero-order valence-corrected chi connectivity index (χ0v) is 22.6. The van der Waals surface area contributed by atoms with Gasteiger partial charge in [0.15, 0.2) is 25.1 Å². The molecule has 0 spiro atoms. The normalized spacial score (nSPS) is 10.9. The molecule has 0 aromatic heterocycles. The summed E-state index contributed by atoms with van der Waals surface area (Å²) >= 11 is 0. The smallest absolute Gasteiger partial charge is 0.151 e. The molecular weight excluding hydrogens is 472 g/mol. The number of benzene rings is 3. The molecule has 190 valence electrons. The highest BCUT2D eigenvalue weighted by molar-refractivity contribution is 5.90. The average molecular weight is 503 g/mol. The second kappa shape index (κ2) is 11.2. The van der Waals surface area contributed by atoms with Crippen molar-refractivity contribution in [1.29, 1.82) is 0 Å². The lowest BCUT2D eigenvalue weighted by atomic mass is 9.83. The number of carbonyl (C=O) groups is 4. The average Bonchev–Trinajstić information content (AvgIpc) is 2.89. The van der Waals surface area contributed by atoms with E-state index in [0.29, 0.717) is 44.5 Å². The molecule has 0 saturated carbocycles. The Morgan fingerprint density at radius 2 is 0.737 bits per heavy atom. The molecular formula is C34H30O4. The Hall–Kier alpha value is -4.54. The fourth-order valence-electron chi connectivity index (χ4n) is 3.81. The maximum Gasteiger partial charge on any atom is 0.151 e. The van der Waals surface area contributed by atoms with Gasteiger partial charge in [-0.1, -0.05) is 65.2 Å². The summed E-state index contributed by atoms with van der Waals surface area (Å²) in [7, 11) is 0. The van der Waals surface area contributed by atoms with Crippen molar-refractivity contribution in [2.45, 2.75) is 52.4 Å². The van der Waals surface area contributed by atoms with Crippen LogP contribution in [0.5, 0.6) is 0 Å². The number of aldehydes is 4. The van der Waals surface area contributed by atoms with Crippen molar-refractivity contribution in [2.24, 2.45) is 0 Å². The van der Waals surface area contributed by atoms with E-state index in [2.05, 4.69) is 23.7 Å². The third-order valence-corrected chi connectivity index (χ3v) is 6.19. The van der Waals surface area contributed by atoms with Crippen LogP contribution in [-0.2, 0) is 10.8 Å². The van der Waals surface area contributed by atoms with E-state index in [1.165, 1.54) is 0 Å². The number of rotatable bonds is 4. The summed E-state index contributed by atoms with van der Waals surface area (Å²) in [6.45, 7) is 12.1. The molecule has 4 heteroatoms. The third-order valence-electron chi connectivity index (χ3n) is 6.19. The summed E-state index contributed by atoms with van der Waals surface area (Å²) in [6.07, 6.45) is 2.89. The van der Waals surface area contributed by atoms with Crippen molar-refractivity contribution in [3.8, 4) is 23.7 Å². The van der Waals surface area contributed by atoms with Gasteiger partial charge in [-0.05, 0) is 70.5 Å². The summed E-state index contributed by atoms with van der Waals surface area (Å²) in [5, 5.41) is 0. The molecule has 0 fully saturated rings. The van der Waals surface area contributed by atoms with Gasteiger partial charge in [0.25, 0.3) is 0 Å². The molecule has 0 heterocycles. The summed E-state index contributed by atoms with van der Waals surface area (Å²) in [4.78, 5) is 46.9. The van der Waals surface area contributed by atoms with Crippen LogP contribution in [0.3, 0.4) is 0 Å². The van der Waals surface area contributed by atoms with E-state index in [4.69, 9.17) is 0 Å². The number of carbonyl (C=O) groups excluding carboxylic acids is 4. The Morgan fingerprint density at radius 1 is 0.474 bits per heavy atom. The van der Waals surface area contributed by atoms with Crippen molar-refractivity contribution in [3.63, 3.8) is 0 Å². The standard InChI is InChI=1S/C34H30O4/c1-33(2,3)29-15-25(19-35)31(26(16-29)20-36)13-11-23-7-9-24(10-8-23)12-14-32-27(21-37)17-30(34(4,5)6)18-28(32)22-38/h7-10,15-22H,1-6H3. The van der Waals surface area contributed by atoms with Crippen LogP contribution in [0.15, 0.2) is 48.5 Å². The predicted molar refractivity (Wildman–Crippen MR) is 150 cm³/mol. The van der Waals surface area contributed by atoms with Crippen molar-refractivity contribution in [1.82, 2.24) is 0 Å². The van der Waals surface area contributed by atoms with Crippen molar-refractivity contribution in [3.05, 3.63) is 104 Å². The van der Waals surface area contributed by atoms with Gasteiger partial charge in [0.1, 0.15) is 0 Å². The van der Waals surface area contributed by atoms with Gasteiger partial charge in [0.2, 0.25) is 0 Å². The molecule has 3 aromatic rings. The van der Waals surface area contributed by atoms with Crippen LogP contribution in [0.1, 0.15) is 116 Å². The van der Waals surface area contributed by atoms with Gasteiger partial charge in [-0.2, -0.15) is 0 Å². The Bertz CT molecular complexity index is 1360. The molecule has 38 heavy (non-hydrogen) atoms. The Balaban J connectivity index is 1.95. The summed E-state index contributed by atoms with van der Waals surface area (Å²) in [5.74, 6) is 12.0. The predicted octanol–water partition coefficient (Wildman–Crippen LogP) is 6.33. The highest BCUT2D eigenvalue weighted by Gasteiger charge is 2.19. The van der Waals surface area contributed by atoms with Gasteiger partial charge in [0, 0.05) is 44.5 Å². The quantitative estimate of drug-likeness (QED) is 0.309. The molecule has 0 aliphatic heterocycles. The van der Waals surface area contributed by atoms with Crippen LogP contribution in [0, 0.1) is 23.7 Å². The monoisotopic (exact) mass is 502 g/mol. The first-order chi connectivity index (χ1) is 17.9. The van der Waals surface area contributed by atoms with Crippen LogP contribution in [0.4, 0.5) is 0 Å². The maximum atomic E-state index is 11.7. The van der Waals surface area contributed by atoms with Crippen LogP contribution >= 0.6 is 0 Å². The lowest BCUT2D eigenvalue weighted by molar-refractivity contribution is 0.110. The van der Waals surface area contributed by atoms with Gasteiger partial charge >= 0.3 is 0 Å². The largest absolute Gasteiger partial charge is 0.298 e. The summed E-state index contributed by atoms with van der Waals surface area (Å²) in [6, 6.07) is 14.2. The van der Waals surface area contributed by atoms with Gasteiger partial charge in [-0.25, -0.2) is 0 Å². The first-order valence-corrected chi connectivity index (χ1v) is 12.2. The van der Waals surface area contributed by atoms with Crippen LogP contribution in [0.25, 0.3) is 0 Å². The molecule has 4 nitrogen and oxygen atoms in total. The van der Waals surface area contributed by atoms with Gasteiger partial charge < -0.3 is 0 Å². The molecule has 0 radical (unpaired) electrons. The number of hydrogen-bond acceptors (Lipinski definition) is 4. The van der Waals surface area contributed by atoms with Crippen LogP contribution < -0.4 is 0 Å². The van der Waals surface area contributed by atoms with E-state index in [1.54, 1.807) is 48.5 Å². The highest BCUT2D eigenvalue weighted by atomic mass is 16.1. The second-order valence-electron chi connectivity index (χ2n) is 11.1. The minimum Gasteiger partial charge on any atom is -0.298 e. The molecule has 0 bridgehead atoms.